The first-order valence-electron chi connectivity index (χ1n) is 9.18. The topological polar surface area (TPSA) is 76.7 Å². The molecule has 6 nitrogen and oxygen atoms in total. The van der Waals surface area contributed by atoms with Crippen LogP contribution in [0.5, 0.6) is 11.5 Å². The Kier molecular flexibility index (Phi) is 6.30. The van der Waals surface area contributed by atoms with Gasteiger partial charge in [-0.25, -0.2) is 0 Å². The molecule has 142 valence electrons. The van der Waals surface area contributed by atoms with Crippen LogP contribution in [0.15, 0.2) is 42.5 Å². The largest absolute Gasteiger partial charge is 0.454 e. The van der Waals surface area contributed by atoms with E-state index in [0.29, 0.717) is 36.6 Å². The summed E-state index contributed by atoms with van der Waals surface area (Å²) in [5.41, 5.74) is 3.07. The van der Waals surface area contributed by atoms with Gasteiger partial charge in [0.15, 0.2) is 11.5 Å². The smallest absolute Gasteiger partial charge is 0.231 e. The Morgan fingerprint density at radius 2 is 1.67 bits per heavy atom. The molecule has 0 fully saturated rings. The van der Waals surface area contributed by atoms with Gasteiger partial charge in [-0.3, -0.25) is 9.59 Å². The highest BCUT2D eigenvalue weighted by atomic mass is 16.7. The van der Waals surface area contributed by atoms with Crippen molar-refractivity contribution in [2.75, 3.05) is 18.7 Å². The Morgan fingerprint density at radius 3 is 2.44 bits per heavy atom. The average Bonchev–Trinajstić information content (AvgIpc) is 3.14. The van der Waals surface area contributed by atoms with Crippen molar-refractivity contribution in [1.82, 2.24) is 5.32 Å². The normalized spacial score (nSPS) is 11.9. The number of aryl methyl sites for hydroxylation is 2. The van der Waals surface area contributed by atoms with E-state index >= 15 is 0 Å². The van der Waals surface area contributed by atoms with Crippen molar-refractivity contribution in [2.45, 2.75) is 32.6 Å². The van der Waals surface area contributed by atoms with Gasteiger partial charge in [-0.05, 0) is 36.1 Å². The molecular formula is C21H24N2O4. The summed E-state index contributed by atoms with van der Waals surface area (Å²) in [6, 6.07) is 13.5. The predicted molar refractivity (Wildman–Crippen MR) is 103 cm³/mol. The van der Waals surface area contributed by atoms with Gasteiger partial charge < -0.3 is 20.1 Å². The number of hydrogen-bond acceptors (Lipinski definition) is 4. The van der Waals surface area contributed by atoms with Crippen LogP contribution in [0.1, 0.15) is 30.9 Å². The van der Waals surface area contributed by atoms with Crippen LogP contribution >= 0.6 is 0 Å². The first kappa shape index (κ1) is 18.8. The maximum atomic E-state index is 12.0. The SMILES string of the molecule is CCc1ccc(CCC(=O)NCCC(=O)Nc2ccc3c(c2)OCO3)cc1. The molecule has 6 heteroatoms. The number of ether oxygens (including phenoxy) is 2. The molecular weight excluding hydrogens is 344 g/mol. The van der Waals surface area contributed by atoms with Crippen LogP contribution in [0.2, 0.25) is 0 Å². The summed E-state index contributed by atoms with van der Waals surface area (Å²) < 4.78 is 10.5. The Hall–Kier alpha value is -3.02. The molecule has 3 rings (SSSR count). The predicted octanol–water partition coefficient (Wildman–Crippen LogP) is 3.06. The number of rotatable bonds is 8. The van der Waals surface area contributed by atoms with Gasteiger partial charge in [0.25, 0.3) is 0 Å². The summed E-state index contributed by atoms with van der Waals surface area (Å²) in [5.74, 6) is 1.08. The maximum Gasteiger partial charge on any atom is 0.231 e. The van der Waals surface area contributed by atoms with Crippen molar-refractivity contribution in [2.24, 2.45) is 0 Å². The molecule has 0 radical (unpaired) electrons. The van der Waals surface area contributed by atoms with Gasteiger partial charge in [0.05, 0.1) is 0 Å². The fourth-order valence-corrected chi connectivity index (χ4v) is 2.80. The zero-order valence-corrected chi connectivity index (χ0v) is 15.4. The maximum absolute atomic E-state index is 12.0. The summed E-state index contributed by atoms with van der Waals surface area (Å²) in [5, 5.41) is 5.58. The first-order valence-corrected chi connectivity index (χ1v) is 9.18. The fraction of sp³-hybridized carbons (Fsp3) is 0.333. The summed E-state index contributed by atoms with van der Waals surface area (Å²) in [6.07, 6.45) is 2.33. The fourth-order valence-electron chi connectivity index (χ4n) is 2.80. The number of amides is 2. The lowest BCUT2D eigenvalue weighted by Crippen LogP contribution is -2.27. The van der Waals surface area contributed by atoms with Crippen LogP contribution in [0.25, 0.3) is 0 Å². The second kappa shape index (κ2) is 9.07. The molecule has 0 bridgehead atoms. The summed E-state index contributed by atoms with van der Waals surface area (Å²) in [6.45, 7) is 2.62. The zero-order chi connectivity index (χ0) is 19.1. The molecule has 1 heterocycles. The molecule has 1 aliphatic rings. The van der Waals surface area contributed by atoms with Crippen molar-refractivity contribution in [3.8, 4) is 11.5 Å². The lowest BCUT2D eigenvalue weighted by Gasteiger charge is -2.08. The van der Waals surface area contributed by atoms with Crippen LogP contribution in [-0.4, -0.2) is 25.2 Å². The number of hydrogen-bond donors (Lipinski definition) is 2. The number of anilines is 1. The molecule has 0 spiro atoms. The Balaban J connectivity index is 1.34. The second-order valence-corrected chi connectivity index (χ2v) is 6.39. The van der Waals surface area contributed by atoms with Gasteiger partial charge in [0.2, 0.25) is 18.6 Å². The zero-order valence-electron chi connectivity index (χ0n) is 15.4. The van der Waals surface area contributed by atoms with E-state index in [1.54, 1.807) is 18.2 Å². The van der Waals surface area contributed by atoms with Crippen molar-refractivity contribution >= 4 is 17.5 Å². The van der Waals surface area contributed by atoms with Crippen LogP contribution in [0.4, 0.5) is 5.69 Å². The minimum Gasteiger partial charge on any atom is -0.454 e. The Bertz CT molecular complexity index is 802. The molecule has 0 atom stereocenters. The van der Waals surface area contributed by atoms with Crippen LogP contribution in [-0.2, 0) is 22.4 Å². The highest BCUT2D eigenvalue weighted by molar-refractivity contribution is 5.91. The van der Waals surface area contributed by atoms with E-state index in [0.717, 1.165) is 12.0 Å². The minimum atomic E-state index is -0.163. The molecule has 2 aromatic rings. The molecule has 0 saturated heterocycles. The monoisotopic (exact) mass is 368 g/mol. The lowest BCUT2D eigenvalue weighted by molar-refractivity contribution is -0.121. The van der Waals surface area contributed by atoms with Gasteiger partial charge in [-0.15, -0.1) is 0 Å². The summed E-state index contributed by atoms with van der Waals surface area (Å²) in [4.78, 5) is 23.9. The number of fused-ring (bicyclic) bond motifs is 1. The Morgan fingerprint density at radius 1 is 0.926 bits per heavy atom. The van der Waals surface area contributed by atoms with Gasteiger partial charge in [0.1, 0.15) is 0 Å². The van der Waals surface area contributed by atoms with Gasteiger partial charge in [0, 0.05) is 31.1 Å². The van der Waals surface area contributed by atoms with E-state index in [-0.39, 0.29) is 25.0 Å². The number of nitrogens with one attached hydrogen (secondary N) is 2. The third-order valence-electron chi connectivity index (χ3n) is 4.40. The van der Waals surface area contributed by atoms with E-state index in [2.05, 4.69) is 41.8 Å². The third-order valence-corrected chi connectivity index (χ3v) is 4.40. The van der Waals surface area contributed by atoms with Crippen molar-refractivity contribution in [3.05, 3.63) is 53.6 Å². The number of benzene rings is 2. The van der Waals surface area contributed by atoms with E-state index in [9.17, 15) is 9.59 Å². The summed E-state index contributed by atoms with van der Waals surface area (Å²) >= 11 is 0. The number of carbonyl (C=O) groups is 2. The lowest BCUT2D eigenvalue weighted by atomic mass is 10.1. The molecule has 0 unspecified atom stereocenters. The molecule has 0 aromatic heterocycles. The minimum absolute atomic E-state index is 0.0505. The summed E-state index contributed by atoms with van der Waals surface area (Å²) in [7, 11) is 0. The molecule has 2 aromatic carbocycles. The standard InChI is InChI=1S/C21H24N2O4/c1-2-15-3-5-16(6-4-15)7-10-20(24)22-12-11-21(25)23-17-8-9-18-19(13-17)27-14-26-18/h3-6,8-9,13H,2,7,10-12,14H2,1H3,(H,22,24)(H,23,25). The quantitative estimate of drug-likeness (QED) is 0.751. The molecule has 0 aliphatic carbocycles. The van der Waals surface area contributed by atoms with E-state index in [4.69, 9.17) is 9.47 Å². The Labute approximate surface area is 158 Å². The van der Waals surface area contributed by atoms with Crippen molar-refractivity contribution < 1.29 is 19.1 Å². The second-order valence-electron chi connectivity index (χ2n) is 6.39. The molecule has 2 amide bonds. The molecule has 0 saturated carbocycles. The van der Waals surface area contributed by atoms with Crippen LogP contribution in [0, 0.1) is 0 Å². The molecule has 2 N–H and O–H groups in total. The average molecular weight is 368 g/mol. The van der Waals surface area contributed by atoms with Gasteiger partial charge in [-0.1, -0.05) is 31.2 Å². The van der Waals surface area contributed by atoms with Crippen molar-refractivity contribution in [3.63, 3.8) is 0 Å². The van der Waals surface area contributed by atoms with Crippen molar-refractivity contribution in [1.29, 1.82) is 0 Å². The van der Waals surface area contributed by atoms with Gasteiger partial charge >= 0.3 is 0 Å². The third kappa shape index (κ3) is 5.48. The highest BCUT2D eigenvalue weighted by Gasteiger charge is 2.14. The van der Waals surface area contributed by atoms with E-state index in [1.165, 1.54) is 5.56 Å². The molecule has 1 aliphatic heterocycles. The van der Waals surface area contributed by atoms with E-state index < -0.39 is 0 Å². The van der Waals surface area contributed by atoms with Crippen LogP contribution < -0.4 is 20.1 Å². The van der Waals surface area contributed by atoms with E-state index in [1.807, 2.05) is 0 Å². The molecule has 27 heavy (non-hydrogen) atoms. The van der Waals surface area contributed by atoms with Gasteiger partial charge in [-0.2, -0.15) is 0 Å². The van der Waals surface area contributed by atoms with Crippen LogP contribution in [0.3, 0.4) is 0 Å². The first-order chi connectivity index (χ1) is 13.1. The highest BCUT2D eigenvalue weighted by Crippen LogP contribution is 2.34. The number of carbonyl (C=O) groups excluding carboxylic acids is 2.